The largest absolute Gasteiger partial charge is 0.486 e. The van der Waals surface area contributed by atoms with Crippen molar-refractivity contribution in [2.24, 2.45) is 0 Å². The highest BCUT2D eigenvalue weighted by molar-refractivity contribution is 7.92. The van der Waals surface area contributed by atoms with Crippen LogP contribution in [0.15, 0.2) is 42.5 Å². The van der Waals surface area contributed by atoms with Gasteiger partial charge in [0.25, 0.3) is 0 Å². The van der Waals surface area contributed by atoms with Gasteiger partial charge in [0.2, 0.25) is 21.8 Å². The smallest absolute Gasteiger partial charge is 0.242 e. The van der Waals surface area contributed by atoms with E-state index in [-0.39, 0.29) is 37.7 Å². The number of rotatable bonds is 11. The molecule has 2 aromatic rings. The van der Waals surface area contributed by atoms with Gasteiger partial charge in [-0.1, -0.05) is 19.1 Å². The predicted molar refractivity (Wildman–Crippen MR) is 134 cm³/mol. The zero-order valence-electron chi connectivity index (χ0n) is 20.7. The average molecular weight is 522 g/mol. The Morgan fingerprint density at radius 1 is 1.08 bits per heavy atom. The normalized spacial score (nSPS) is 13.6. The second kappa shape index (κ2) is 12.1. The third kappa shape index (κ3) is 6.87. The summed E-state index contributed by atoms with van der Waals surface area (Å²) >= 11 is 0. The molecule has 3 rings (SSSR count). The molecule has 9 nitrogen and oxygen atoms in total. The van der Waals surface area contributed by atoms with Crippen LogP contribution in [-0.2, 0) is 26.2 Å². The number of carbonyl (C=O) groups excluding carboxylic acids is 2. The van der Waals surface area contributed by atoms with Crippen molar-refractivity contribution >= 4 is 27.5 Å². The Balaban J connectivity index is 1.74. The molecule has 0 aromatic heterocycles. The minimum atomic E-state index is -3.64. The highest BCUT2D eigenvalue weighted by Gasteiger charge is 2.28. The number of carbonyl (C=O) groups is 2. The SMILES string of the molecule is CCC(C(=O)NC)N(Cc1ccc(F)cc1)C(=O)CCCN(c1ccc2c(c1)OCCO2)S(C)(=O)=O. The maximum absolute atomic E-state index is 13.3. The van der Waals surface area contributed by atoms with Gasteiger partial charge in [-0.15, -0.1) is 0 Å². The quantitative estimate of drug-likeness (QED) is 0.488. The van der Waals surface area contributed by atoms with E-state index in [1.54, 1.807) is 37.3 Å². The summed E-state index contributed by atoms with van der Waals surface area (Å²) in [5, 5.41) is 2.58. The van der Waals surface area contributed by atoms with Crippen LogP contribution >= 0.6 is 0 Å². The van der Waals surface area contributed by atoms with Crippen molar-refractivity contribution in [2.75, 3.05) is 37.4 Å². The van der Waals surface area contributed by atoms with Gasteiger partial charge in [0, 0.05) is 32.6 Å². The van der Waals surface area contributed by atoms with Gasteiger partial charge in [0.05, 0.1) is 11.9 Å². The number of halogens is 1. The van der Waals surface area contributed by atoms with E-state index < -0.39 is 21.9 Å². The van der Waals surface area contributed by atoms with Gasteiger partial charge < -0.3 is 19.7 Å². The zero-order chi connectivity index (χ0) is 26.3. The van der Waals surface area contributed by atoms with E-state index in [9.17, 15) is 22.4 Å². The van der Waals surface area contributed by atoms with E-state index in [2.05, 4.69) is 5.32 Å². The highest BCUT2D eigenvalue weighted by atomic mass is 32.2. The van der Waals surface area contributed by atoms with Crippen molar-refractivity contribution in [2.45, 2.75) is 38.8 Å². The molecule has 1 aliphatic rings. The van der Waals surface area contributed by atoms with E-state index in [0.29, 0.717) is 42.4 Å². The summed E-state index contributed by atoms with van der Waals surface area (Å²) in [5.41, 5.74) is 1.09. The molecule has 1 N–H and O–H groups in total. The molecule has 0 saturated heterocycles. The van der Waals surface area contributed by atoms with Gasteiger partial charge >= 0.3 is 0 Å². The number of nitrogens with zero attached hydrogens (tertiary/aromatic N) is 2. The number of anilines is 1. The summed E-state index contributed by atoms with van der Waals surface area (Å²) in [6, 6.07) is 9.93. The lowest BCUT2D eigenvalue weighted by molar-refractivity contribution is -0.141. The van der Waals surface area contributed by atoms with Crippen LogP contribution in [0.5, 0.6) is 11.5 Å². The van der Waals surface area contributed by atoms with Crippen LogP contribution in [0.3, 0.4) is 0 Å². The number of amides is 2. The number of benzene rings is 2. The van der Waals surface area contributed by atoms with Crippen molar-refractivity contribution in [1.29, 1.82) is 0 Å². The lowest BCUT2D eigenvalue weighted by Gasteiger charge is -2.31. The fourth-order valence-corrected chi connectivity index (χ4v) is 5.02. The third-order valence-electron chi connectivity index (χ3n) is 5.86. The monoisotopic (exact) mass is 521 g/mol. The lowest BCUT2D eigenvalue weighted by Crippen LogP contribution is -2.48. The summed E-state index contributed by atoms with van der Waals surface area (Å²) in [6.45, 7) is 2.79. The number of likely N-dealkylation sites (N-methyl/N-ethyl adjacent to an activating group) is 1. The fraction of sp³-hybridized carbons (Fsp3) is 0.440. The molecule has 196 valence electrons. The Labute approximate surface area is 211 Å². The molecule has 1 aliphatic heterocycles. The highest BCUT2D eigenvalue weighted by Crippen LogP contribution is 2.34. The van der Waals surface area contributed by atoms with Crippen molar-refractivity contribution < 1.29 is 31.9 Å². The molecular weight excluding hydrogens is 489 g/mol. The van der Waals surface area contributed by atoms with Crippen LogP contribution in [0.4, 0.5) is 10.1 Å². The van der Waals surface area contributed by atoms with Gasteiger partial charge in [-0.25, -0.2) is 12.8 Å². The predicted octanol–water partition coefficient (Wildman–Crippen LogP) is 2.70. The Kier molecular flexibility index (Phi) is 9.14. The first kappa shape index (κ1) is 27.3. The first-order valence-corrected chi connectivity index (χ1v) is 13.6. The van der Waals surface area contributed by atoms with Crippen molar-refractivity contribution in [3.8, 4) is 11.5 Å². The topological polar surface area (TPSA) is 105 Å². The molecule has 1 unspecified atom stereocenters. The maximum atomic E-state index is 13.3. The minimum absolute atomic E-state index is 0.0191. The van der Waals surface area contributed by atoms with Crippen LogP contribution in [0, 0.1) is 5.82 Å². The summed E-state index contributed by atoms with van der Waals surface area (Å²) in [5.74, 6) is 0.0116. The molecule has 2 amide bonds. The summed E-state index contributed by atoms with van der Waals surface area (Å²) in [6.07, 6.45) is 1.74. The van der Waals surface area contributed by atoms with Gasteiger partial charge in [-0.05, 0) is 42.7 Å². The molecule has 1 heterocycles. The van der Waals surface area contributed by atoms with Gasteiger partial charge in [0.1, 0.15) is 25.1 Å². The van der Waals surface area contributed by atoms with E-state index in [4.69, 9.17) is 9.47 Å². The van der Waals surface area contributed by atoms with Crippen LogP contribution in [-0.4, -0.2) is 64.2 Å². The second-order valence-electron chi connectivity index (χ2n) is 8.45. The van der Waals surface area contributed by atoms with Crippen LogP contribution in [0.2, 0.25) is 0 Å². The molecule has 36 heavy (non-hydrogen) atoms. The van der Waals surface area contributed by atoms with Crippen LogP contribution in [0.1, 0.15) is 31.7 Å². The molecule has 11 heteroatoms. The number of hydrogen-bond donors (Lipinski definition) is 1. The first-order valence-electron chi connectivity index (χ1n) is 11.8. The number of fused-ring (bicyclic) bond motifs is 1. The second-order valence-corrected chi connectivity index (χ2v) is 10.4. The molecule has 2 aromatic carbocycles. The van der Waals surface area contributed by atoms with Gasteiger partial charge in [-0.3, -0.25) is 13.9 Å². The summed E-state index contributed by atoms with van der Waals surface area (Å²) < 4.78 is 50.7. The zero-order valence-corrected chi connectivity index (χ0v) is 21.5. The van der Waals surface area contributed by atoms with Crippen molar-refractivity contribution in [3.63, 3.8) is 0 Å². The molecule has 1 atom stereocenters. The molecule has 0 bridgehead atoms. The number of ether oxygens (including phenoxy) is 2. The standard InChI is InChI=1S/C25H32FN3O6S/c1-4-21(25(31)27-2)28(17-18-7-9-19(26)10-8-18)24(30)6-5-13-29(36(3,32)33)20-11-12-22-23(16-20)35-15-14-34-22/h7-12,16,21H,4-6,13-15,17H2,1-3H3,(H,27,31). The first-order chi connectivity index (χ1) is 17.1. The molecule has 0 spiro atoms. The van der Waals surface area contributed by atoms with Gasteiger partial charge in [0.15, 0.2) is 11.5 Å². The van der Waals surface area contributed by atoms with E-state index >= 15 is 0 Å². The maximum Gasteiger partial charge on any atom is 0.242 e. The molecule has 0 radical (unpaired) electrons. The summed E-state index contributed by atoms with van der Waals surface area (Å²) in [4.78, 5) is 27.2. The Bertz CT molecular complexity index is 1170. The van der Waals surface area contributed by atoms with E-state index in [1.165, 1.54) is 28.4 Å². The van der Waals surface area contributed by atoms with Crippen molar-refractivity contribution in [3.05, 3.63) is 53.8 Å². The number of nitrogens with one attached hydrogen (secondary N) is 1. The number of hydrogen-bond acceptors (Lipinski definition) is 6. The van der Waals surface area contributed by atoms with Gasteiger partial charge in [-0.2, -0.15) is 0 Å². The third-order valence-corrected chi connectivity index (χ3v) is 7.06. The molecule has 0 aliphatic carbocycles. The molecule has 0 fully saturated rings. The van der Waals surface area contributed by atoms with Crippen LogP contribution in [0.25, 0.3) is 0 Å². The molecule has 0 saturated carbocycles. The fourth-order valence-electron chi connectivity index (χ4n) is 4.06. The van der Waals surface area contributed by atoms with E-state index in [0.717, 1.165) is 6.26 Å². The van der Waals surface area contributed by atoms with Crippen molar-refractivity contribution in [1.82, 2.24) is 10.2 Å². The Morgan fingerprint density at radius 2 is 1.75 bits per heavy atom. The Morgan fingerprint density at radius 3 is 2.36 bits per heavy atom. The number of sulfonamides is 1. The summed E-state index contributed by atoms with van der Waals surface area (Å²) in [7, 11) is -2.14. The molecular formula is C25H32FN3O6S. The van der Waals surface area contributed by atoms with Crippen LogP contribution < -0.4 is 19.1 Å². The van der Waals surface area contributed by atoms with E-state index in [1.807, 2.05) is 0 Å². The lowest BCUT2D eigenvalue weighted by atomic mass is 10.1. The Hall–Kier alpha value is -3.34. The minimum Gasteiger partial charge on any atom is -0.486 e. The average Bonchev–Trinajstić information content (AvgIpc) is 2.86.